The van der Waals surface area contributed by atoms with Crippen molar-refractivity contribution in [3.63, 3.8) is 0 Å². The van der Waals surface area contributed by atoms with E-state index in [1.165, 1.54) is 25.9 Å². The molecule has 0 radical (unpaired) electrons. The lowest BCUT2D eigenvalue weighted by Gasteiger charge is -2.36. The number of piperidine rings is 1. The number of nitrogens with zero attached hydrogens (tertiary/aromatic N) is 2. The molecule has 2 N–H and O–H groups in total. The summed E-state index contributed by atoms with van der Waals surface area (Å²) in [5.41, 5.74) is 5.82. The summed E-state index contributed by atoms with van der Waals surface area (Å²) in [7, 11) is 2.13. The lowest BCUT2D eigenvalue weighted by Crippen LogP contribution is -2.45. The normalized spacial score (nSPS) is 19.6. The molecule has 5 heteroatoms. The monoisotopic (exact) mass is 271 g/mol. The molecule has 19 heavy (non-hydrogen) atoms. The first-order valence-electron chi connectivity index (χ1n) is 7.43. The summed E-state index contributed by atoms with van der Waals surface area (Å²) in [4.78, 5) is 16.3. The van der Waals surface area contributed by atoms with Gasteiger partial charge in [0.1, 0.15) is 6.04 Å². The molecule has 1 aliphatic heterocycles. The molecule has 0 amide bonds. The van der Waals surface area contributed by atoms with Crippen molar-refractivity contribution in [2.75, 3.05) is 39.8 Å². The first kappa shape index (κ1) is 16.4. The SMILES string of the molecule is CCOC(=O)C(N)CCN(C)C1CCN(CC)CC1. The van der Waals surface area contributed by atoms with Gasteiger partial charge in [-0.25, -0.2) is 0 Å². The van der Waals surface area contributed by atoms with E-state index in [1.54, 1.807) is 6.92 Å². The first-order chi connectivity index (χ1) is 9.08. The summed E-state index contributed by atoms with van der Waals surface area (Å²) in [5.74, 6) is -0.281. The van der Waals surface area contributed by atoms with Gasteiger partial charge in [0.25, 0.3) is 0 Å². The standard InChI is InChI=1S/C14H29N3O2/c1-4-17-10-6-12(7-11-17)16(3)9-8-13(15)14(18)19-5-2/h12-13H,4-11,15H2,1-3H3. The molecule has 112 valence electrons. The lowest BCUT2D eigenvalue weighted by molar-refractivity contribution is -0.144. The Kier molecular flexibility index (Phi) is 7.34. The maximum absolute atomic E-state index is 11.4. The van der Waals surface area contributed by atoms with E-state index >= 15 is 0 Å². The minimum absolute atomic E-state index is 0.281. The van der Waals surface area contributed by atoms with Gasteiger partial charge in [0.05, 0.1) is 6.61 Å². The number of esters is 1. The van der Waals surface area contributed by atoms with Crippen LogP contribution in [0, 0.1) is 0 Å². The number of carbonyl (C=O) groups is 1. The molecule has 0 saturated carbocycles. The van der Waals surface area contributed by atoms with E-state index in [0.717, 1.165) is 13.1 Å². The van der Waals surface area contributed by atoms with Crippen molar-refractivity contribution in [3.8, 4) is 0 Å². The van der Waals surface area contributed by atoms with Crippen molar-refractivity contribution in [1.29, 1.82) is 0 Å². The van der Waals surface area contributed by atoms with Crippen LogP contribution in [0.3, 0.4) is 0 Å². The van der Waals surface area contributed by atoms with E-state index in [4.69, 9.17) is 10.5 Å². The Labute approximate surface area is 117 Å². The highest BCUT2D eigenvalue weighted by molar-refractivity contribution is 5.75. The molecule has 5 nitrogen and oxygen atoms in total. The fourth-order valence-electron chi connectivity index (χ4n) is 2.57. The second kappa shape index (κ2) is 8.51. The summed E-state index contributed by atoms with van der Waals surface area (Å²) in [6, 6.07) is 0.135. The molecule has 1 atom stereocenters. The van der Waals surface area contributed by atoms with Crippen molar-refractivity contribution < 1.29 is 9.53 Å². The number of likely N-dealkylation sites (tertiary alicyclic amines) is 1. The van der Waals surface area contributed by atoms with Crippen LogP contribution in [-0.2, 0) is 9.53 Å². The predicted octanol–water partition coefficient (Wildman–Crippen LogP) is 0.683. The third-order valence-electron chi connectivity index (χ3n) is 4.01. The van der Waals surface area contributed by atoms with E-state index in [9.17, 15) is 4.79 Å². The van der Waals surface area contributed by atoms with Gasteiger partial charge >= 0.3 is 5.97 Å². The van der Waals surface area contributed by atoms with Crippen LogP contribution in [0.1, 0.15) is 33.1 Å². The Morgan fingerprint density at radius 2 is 2.05 bits per heavy atom. The maximum Gasteiger partial charge on any atom is 0.322 e. The van der Waals surface area contributed by atoms with Crippen LogP contribution in [0.5, 0.6) is 0 Å². The Balaban J connectivity index is 2.24. The van der Waals surface area contributed by atoms with Crippen LogP contribution < -0.4 is 5.73 Å². The minimum atomic E-state index is -0.488. The highest BCUT2D eigenvalue weighted by Crippen LogP contribution is 2.15. The third-order valence-corrected chi connectivity index (χ3v) is 4.01. The summed E-state index contributed by atoms with van der Waals surface area (Å²) in [5, 5.41) is 0. The zero-order valence-corrected chi connectivity index (χ0v) is 12.6. The number of hydrogen-bond acceptors (Lipinski definition) is 5. The highest BCUT2D eigenvalue weighted by atomic mass is 16.5. The molecule has 1 saturated heterocycles. The molecule has 0 spiro atoms. The molecule has 0 aromatic carbocycles. The number of rotatable bonds is 7. The van der Waals surface area contributed by atoms with Crippen molar-refractivity contribution in [3.05, 3.63) is 0 Å². The lowest BCUT2D eigenvalue weighted by atomic mass is 10.0. The van der Waals surface area contributed by atoms with Gasteiger partial charge in [-0.05, 0) is 52.9 Å². The molecule has 1 aliphatic rings. The highest BCUT2D eigenvalue weighted by Gasteiger charge is 2.22. The third kappa shape index (κ3) is 5.47. The van der Waals surface area contributed by atoms with E-state index < -0.39 is 6.04 Å². The number of hydrogen-bond donors (Lipinski definition) is 1. The molecular weight excluding hydrogens is 242 g/mol. The quantitative estimate of drug-likeness (QED) is 0.690. The zero-order chi connectivity index (χ0) is 14.3. The Morgan fingerprint density at radius 3 is 2.58 bits per heavy atom. The van der Waals surface area contributed by atoms with E-state index in [2.05, 4.69) is 23.8 Å². The van der Waals surface area contributed by atoms with E-state index in [-0.39, 0.29) is 5.97 Å². The van der Waals surface area contributed by atoms with Gasteiger partial charge < -0.3 is 20.3 Å². The molecule has 0 aliphatic carbocycles. The van der Waals surface area contributed by atoms with Crippen molar-refractivity contribution >= 4 is 5.97 Å². The van der Waals surface area contributed by atoms with Gasteiger partial charge in [-0.2, -0.15) is 0 Å². The van der Waals surface area contributed by atoms with Gasteiger partial charge in [-0.3, -0.25) is 4.79 Å². The molecule has 1 unspecified atom stereocenters. The van der Waals surface area contributed by atoms with Crippen LogP contribution in [0.4, 0.5) is 0 Å². The van der Waals surface area contributed by atoms with Gasteiger partial charge in [-0.1, -0.05) is 6.92 Å². The molecule has 1 fully saturated rings. The van der Waals surface area contributed by atoms with Gasteiger partial charge in [-0.15, -0.1) is 0 Å². The van der Waals surface area contributed by atoms with Gasteiger partial charge in [0.2, 0.25) is 0 Å². The van der Waals surface area contributed by atoms with Crippen molar-refractivity contribution in [1.82, 2.24) is 9.80 Å². The average Bonchev–Trinajstić information content (AvgIpc) is 2.44. The molecule has 1 heterocycles. The second-order valence-corrected chi connectivity index (χ2v) is 5.29. The summed E-state index contributed by atoms with van der Waals surface area (Å²) in [6.07, 6.45) is 3.08. The number of ether oxygens (including phenoxy) is 1. The molecule has 0 aromatic rings. The molecule has 0 bridgehead atoms. The molecular formula is C14H29N3O2. The van der Waals surface area contributed by atoms with Crippen molar-refractivity contribution in [2.45, 2.75) is 45.2 Å². The molecule has 0 aromatic heterocycles. The van der Waals surface area contributed by atoms with Gasteiger partial charge in [0, 0.05) is 12.6 Å². The van der Waals surface area contributed by atoms with Gasteiger partial charge in [0.15, 0.2) is 0 Å². The maximum atomic E-state index is 11.4. The van der Waals surface area contributed by atoms with Crippen LogP contribution >= 0.6 is 0 Å². The smallest absolute Gasteiger partial charge is 0.322 e. The summed E-state index contributed by atoms with van der Waals surface area (Å²) < 4.78 is 4.92. The predicted molar refractivity (Wildman–Crippen MR) is 77.0 cm³/mol. The zero-order valence-electron chi connectivity index (χ0n) is 12.6. The fourth-order valence-corrected chi connectivity index (χ4v) is 2.57. The molecule has 1 rings (SSSR count). The van der Waals surface area contributed by atoms with E-state index in [1.807, 2.05) is 0 Å². The second-order valence-electron chi connectivity index (χ2n) is 5.29. The minimum Gasteiger partial charge on any atom is -0.465 e. The Morgan fingerprint density at radius 1 is 1.42 bits per heavy atom. The fraction of sp³-hybridized carbons (Fsp3) is 0.929. The largest absolute Gasteiger partial charge is 0.465 e. The summed E-state index contributed by atoms with van der Waals surface area (Å²) in [6.45, 7) is 8.77. The van der Waals surface area contributed by atoms with E-state index in [0.29, 0.717) is 19.1 Å². The van der Waals surface area contributed by atoms with Crippen LogP contribution in [0.15, 0.2) is 0 Å². The Hall–Kier alpha value is -0.650. The average molecular weight is 271 g/mol. The van der Waals surface area contributed by atoms with Crippen LogP contribution in [0.2, 0.25) is 0 Å². The van der Waals surface area contributed by atoms with Crippen LogP contribution in [0.25, 0.3) is 0 Å². The topological polar surface area (TPSA) is 58.8 Å². The number of nitrogens with two attached hydrogens (primary N) is 1. The summed E-state index contributed by atoms with van der Waals surface area (Å²) >= 11 is 0. The Bertz CT molecular complexity index is 265. The first-order valence-corrected chi connectivity index (χ1v) is 7.43. The van der Waals surface area contributed by atoms with Crippen LogP contribution in [-0.4, -0.2) is 67.7 Å². The number of carbonyl (C=O) groups excluding carboxylic acids is 1. The van der Waals surface area contributed by atoms with Crippen molar-refractivity contribution in [2.24, 2.45) is 5.73 Å².